The molecule has 1 N–H and O–H groups in total. The van der Waals surface area contributed by atoms with E-state index in [1.165, 1.54) is 11.0 Å². The first-order valence-electron chi connectivity index (χ1n) is 7.35. The van der Waals surface area contributed by atoms with Gasteiger partial charge in [-0.25, -0.2) is 4.98 Å². The maximum absolute atomic E-state index is 12.3. The van der Waals surface area contributed by atoms with Crippen molar-refractivity contribution in [3.05, 3.63) is 66.3 Å². The van der Waals surface area contributed by atoms with Gasteiger partial charge in [0, 0.05) is 12.6 Å². The molecule has 2 aromatic carbocycles. The number of carbonyl (C=O) groups is 1. The Morgan fingerprint density at radius 1 is 1.17 bits per heavy atom. The van der Waals surface area contributed by atoms with Crippen LogP contribution < -0.4 is 5.32 Å². The van der Waals surface area contributed by atoms with Crippen molar-refractivity contribution in [1.82, 2.24) is 20.0 Å². The summed E-state index contributed by atoms with van der Waals surface area (Å²) >= 11 is 0. The average molecular weight is 319 g/mol. The van der Waals surface area contributed by atoms with Crippen LogP contribution in [-0.4, -0.2) is 25.9 Å². The molecule has 0 aliphatic carbocycles. The highest BCUT2D eigenvalue weighted by molar-refractivity contribution is 6.03. The van der Waals surface area contributed by atoms with Crippen molar-refractivity contribution < 1.29 is 9.21 Å². The number of hydrogen-bond donors (Lipinski definition) is 1. The summed E-state index contributed by atoms with van der Waals surface area (Å²) in [4.78, 5) is 18.0. The first-order valence-corrected chi connectivity index (χ1v) is 7.35. The van der Waals surface area contributed by atoms with Gasteiger partial charge in [-0.1, -0.05) is 18.2 Å². The molecule has 118 valence electrons. The zero-order valence-corrected chi connectivity index (χ0v) is 12.8. The van der Waals surface area contributed by atoms with Gasteiger partial charge >= 0.3 is 0 Å². The monoisotopic (exact) mass is 319 g/mol. The summed E-state index contributed by atoms with van der Waals surface area (Å²) in [6.07, 6.45) is 1.43. The van der Waals surface area contributed by atoms with Gasteiger partial charge in [0.15, 0.2) is 17.2 Å². The molecular weight excluding hydrogens is 306 g/mol. The Morgan fingerprint density at radius 2 is 2.00 bits per heavy atom. The van der Waals surface area contributed by atoms with E-state index in [0.29, 0.717) is 22.7 Å². The van der Waals surface area contributed by atoms with E-state index in [9.17, 15) is 4.79 Å². The molecule has 7 heteroatoms. The Hall–Kier alpha value is -3.48. The predicted molar refractivity (Wildman–Crippen MR) is 88.1 cm³/mol. The summed E-state index contributed by atoms with van der Waals surface area (Å²) in [5.41, 5.74) is 3.01. The zero-order chi connectivity index (χ0) is 16.5. The fraction of sp³-hybridized carbons (Fsp3) is 0.0588. The minimum Gasteiger partial charge on any atom is -0.441 e. The first-order chi connectivity index (χ1) is 11.7. The lowest BCUT2D eigenvalue weighted by Crippen LogP contribution is -2.13. The Morgan fingerprint density at radius 3 is 2.83 bits per heavy atom. The molecule has 0 fully saturated rings. The minimum absolute atomic E-state index is 0.232. The number of nitrogens with zero attached hydrogens (tertiary/aromatic N) is 4. The van der Waals surface area contributed by atoms with Crippen LogP contribution in [0.15, 0.2) is 59.1 Å². The maximum atomic E-state index is 12.3. The van der Waals surface area contributed by atoms with Crippen LogP contribution in [0.5, 0.6) is 0 Å². The van der Waals surface area contributed by atoms with Crippen LogP contribution in [0.1, 0.15) is 16.4 Å². The van der Waals surface area contributed by atoms with E-state index in [0.717, 1.165) is 5.69 Å². The number of amides is 1. The summed E-state index contributed by atoms with van der Waals surface area (Å²) < 4.78 is 5.42. The molecule has 0 saturated carbocycles. The second-order valence-electron chi connectivity index (χ2n) is 5.22. The summed E-state index contributed by atoms with van der Waals surface area (Å²) in [5, 5.41) is 11.1. The Balaban J connectivity index is 1.56. The molecule has 0 aliphatic rings. The quantitative estimate of drug-likeness (QED) is 0.627. The van der Waals surface area contributed by atoms with Crippen molar-refractivity contribution >= 4 is 22.7 Å². The number of fused-ring (bicyclic) bond motifs is 1. The molecule has 0 radical (unpaired) electrons. The number of nitrogens with one attached hydrogen (secondary N) is 1. The van der Waals surface area contributed by atoms with Gasteiger partial charge in [0.05, 0.1) is 11.9 Å². The molecule has 1 amide bonds. The Kier molecular flexibility index (Phi) is 3.31. The molecule has 7 nitrogen and oxygen atoms in total. The highest BCUT2D eigenvalue weighted by atomic mass is 16.3. The Labute approximate surface area is 136 Å². The van der Waals surface area contributed by atoms with Crippen LogP contribution in [0.25, 0.3) is 16.8 Å². The van der Waals surface area contributed by atoms with E-state index in [1.807, 2.05) is 30.3 Å². The van der Waals surface area contributed by atoms with Crippen LogP contribution >= 0.6 is 0 Å². The van der Waals surface area contributed by atoms with E-state index >= 15 is 0 Å². The highest BCUT2D eigenvalue weighted by Gasteiger charge is 2.12. The predicted octanol–water partition coefficient (Wildman–Crippen LogP) is 2.97. The summed E-state index contributed by atoms with van der Waals surface area (Å²) in [6.45, 7) is 1.78. The zero-order valence-electron chi connectivity index (χ0n) is 12.8. The van der Waals surface area contributed by atoms with Crippen molar-refractivity contribution in [2.75, 3.05) is 5.32 Å². The fourth-order valence-corrected chi connectivity index (χ4v) is 2.37. The molecule has 24 heavy (non-hydrogen) atoms. The lowest BCUT2D eigenvalue weighted by Gasteiger charge is -2.02. The smallest absolute Gasteiger partial charge is 0.277 e. The van der Waals surface area contributed by atoms with E-state index in [4.69, 9.17) is 4.42 Å². The summed E-state index contributed by atoms with van der Waals surface area (Å²) in [7, 11) is 0. The molecule has 0 atom stereocenters. The molecule has 0 unspecified atom stereocenters. The third kappa shape index (κ3) is 2.63. The van der Waals surface area contributed by atoms with Gasteiger partial charge in [0.25, 0.3) is 5.91 Å². The van der Waals surface area contributed by atoms with Gasteiger partial charge in [0.1, 0.15) is 5.52 Å². The standard InChI is InChI=1S/C17H13N5O2/c1-11-19-14-9-12(7-8-16(14)24-11)20-17(23)15-10-18-22(21-15)13-5-3-2-4-6-13/h2-10H,1H3,(H,20,23). The number of oxazole rings is 1. The molecule has 0 saturated heterocycles. The van der Waals surface area contributed by atoms with Crippen LogP contribution in [0.2, 0.25) is 0 Å². The molecule has 0 aliphatic heterocycles. The van der Waals surface area contributed by atoms with Crippen LogP contribution in [-0.2, 0) is 0 Å². The van der Waals surface area contributed by atoms with Gasteiger partial charge in [-0.05, 0) is 30.3 Å². The molecule has 2 heterocycles. The third-order valence-electron chi connectivity index (χ3n) is 3.46. The largest absolute Gasteiger partial charge is 0.441 e. The van der Waals surface area contributed by atoms with Crippen molar-refractivity contribution in [1.29, 1.82) is 0 Å². The van der Waals surface area contributed by atoms with Crippen molar-refractivity contribution in [3.63, 3.8) is 0 Å². The van der Waals surface area contributed by atoms with E-state index < -0.39 is 0 Å². The van der Waals surface area contributed by atoms with Crippen molar-refractivity contribution in [2.45, 2.75) is 6.92 Å². The van der Waals surface area contributed by atoms with Crippen molar-refractivity contribution in [2.24, 2.45) is 0 Å². The number of aryl methyl sites for hydroxylation is 1. The molecule has 0 bridgehead atoms. The van der Waals surface area contributed by atoms with E-state index in [-0.39, 0.29) is 11.6 Å². The average Bonchev–Trinajstić information content (AvgIpc) is 3.21. The van der Waals surface area contributed by atoms with Crippen LogP contribution in [0, 0.1) is 6.92 Å². The number of hydrogen-bond acceptors (Lipinski definition) is 5. The molecular formula is C17H13N5O2. The maximum Gasteiger partial charge on any atom is 0.277 e. The van der Waals surface area contributed by atoms with Gasteiger partial charge in [-0.2, -0.15) is 9.90 Å². The molecule has 4 aromatic rings. The fourth-order valence-electron chi connectivity index (χ4n) is 2.37. The third-order valence-corrected chi connectivity index (χ3v) is 3.46. The van der Waals surface area contributed by atoms with Gasteiger partial charge in [-0.3, -0.25) is 4.79 Å². The number of rotatable bonds is 3. The SMILES string of the molecule is Cc1nc2cc(NC(=O)c3cnn(-c4ccccc4)n3)ccc2o1. The summed E-state index contributed by atoms with van der Waals surface area (Å²) in [6, 6.07) is 14.7. The highest BCUT2D eigenvalue weighted by Crippen LogP contribution is 2.20. The van der Waals surface area contributed by atoms with Crippen molar-refractivity contribution in [3.8, 4) is 5.69 Å². The number of anilines is 1. The van der Waals surface area contributed by atoms with Gasteiger partial charge in [-0.15, -0.1) is 5.10 Å². The topological polar surface area (TPSA) is 85.8 Å². The Bertz CT molecular complexity index is 1020. The summed E-state index contributed by atoms with van der Waals surface area (Å²) in [5.74, 6) is 0.246. The number of para-hydroxylation sites is 1. The lowest BCUT2D eigenvalue weighted by atomic mass is 10.3. The van der Waals surface area contributed by atoms with Crippen LogP contribution in [0.3, 0.4) is 0 Å². The van der Waals surface area contributed by atoms with Gasteiger partial charge in [0.2, 0.25) is 0 Å². The van der Waals surface area contributed by atoms with E-state index in [2.05, 4.69) is 20.5 Å². The number of carbonyl (C=O) groups excluding carboxylic acids is 1. The normalized spacial score (nSPS) is 10.9. The number of aromatic nitrogens is 4. The van der Waals surface area contributed by atoms with Crippen LogP contribution in [0.4, 0.5) is 5.69 Å². The molecule has 2 aromatic heterocycles. The second kappa shape index (κ2) is 5.62. The van der Waals surface area contributed by atoms with E-state index in [1.54, 1.807) is 25.1 Å². The second-order valence-corrected chi connectivity index (χ2v) is 5.22. The molecule has 4 rings (SSSR count). The first kappa shape index (κ1) is 14.1. The number of benzene rings is 2. The van der Waals surface area contributed by atoms with Gasteiger partial charge < -0.3 is 9.73 Å². The minimum atomic E-state index is -0.336. The molecule has 0 spiro atoms. The lowest BCUT2D eigenvalue weighted by molar-refractivity contribution is 0.102.